The van der Waals surface area contributed by atoms with Crippen LogP contribution >= 0.6 is 0 Å². The Kier molecular flexibility index (Phi) is 3.83. The van der Waals surface area contributed by atoms with Crippen molar-refractivity contribution in [2.45, 2.75) is 26.8 Å². The van der Waals surface area contributed by atoms with Gasteiger partial charge < -0.3 is 5.32 Å². The minimum Gasteiger partial charge on any atom is -0.309 e. The highest BCUT2D eigenvalue weighted by molar-refractivity contribution is 5.41. The van der Waals surface area contributed by atoms with Gasteiger partial charge >= 0.3 is 0 Å². The molecule has 0 spiro atoms. The first-order valence-electron chi connectivity index (χ1n) is 6.43. The Balaban J connectivity index is 2.49. The first kappa shape index (κ1) is 12.8. The Labute approximate surface area is 110 Å². The zero-order valence-corrected chi connectivity index (χ0v) is 11.6. The van der Waals surface area contributed by atoms with Crippen LogP contribution in [0.4, 0.5) is 0 Å². The van der Waals surface area contributed by atoms with E-state index in [1.54, 1.807) is 0 Å². The predicted molar refractivity (Wildman–Crippen MR) is 78.0 cm³/mol. The van der Waals surface area contributed by atoms with Crippen molar-refractivity contribution in [1.82, 2.24) is 5.32 Å². The van der Waals surface area contributed by atoms with E-state index in [2.05, 4.69) is 68.6 Å². The molecule has 0 aliphatic rings. The third-order valence-electron chi connectivity index (χ3n) is 3.62. The molecule has 2 aromatic rings. The molecule has 18 heavy (non-hydrogen) atoms. The molecule has 2 aromatic carbocycles. The van der Waals surface area contributed by atoms with E-state index in [1.807, 2.05) is 7.05 Å². The molecule has 0 amide bonds. The lowest BCUT2D eigenvalue weighted by atomic mass is 9.92. The summed E-state index contributed by atoms with van der Waals surface area (Å²) in [7, 11) is 2.02. The molecule has 0 bridgehead atoms. The summed E-state index contributed by atoms with van der Waals surface area (Å²) in [6, 6.07) is 15.5. The third-order valence-corrected chi connectivity index (χ3v) is 3.62. The minimum atomic E-state index is 0.268. The summed E-state index contributed by atoms with van der Waals surface area (Å²) < 4.78 is 0. The summed E-state index contributed by atoms with van der Waals surface area (Å²) in [6.45, 7) is 6.51. The standard InChI is InChI=1S/C17H21N/c1-12-7-5-9-15(11-12)17(18-4)16-10-6-8-13(2)14(16)3/h5-11,17-18H,1-4H3. The van der Waals surface area contributed by atoms with Gasteiger partial charge in [-0.3, -0.25) is 0 Å². The molecule has 0 aliphatic carbocycles. The van der Waals surface area contributed by atoms with Gasteiger partial charge in [-0.2, -0.15) is 0 Å². The summed E-state index contributed by atoms with van der Waals surface area (Å²) in [6.07, 6.45) is 0. The quantitative estimate of drug-likeness (QED) is 0.856. The summed E-state index contributed by atoms with van der Waals surface area (Å²) in [5.74, 6) is 0. The van der Waals surface area contributed by atoms with Gasteiger partial charge in [0, 0.05) is 0 Å². The van der Waals surface area contributed by atoms with E-state index >= 15 is 0 Å². The molecule has 1 heteroatoms. The Morgan fingerprint density at radius 1 is 0.944 bits per heavy atom. The second-order valence-electron chi connectivity index (χ2n) is 4.92. The van der Waals surface area contributed by atoms with Gasteiger partial charge in [0.25, 0.3) is 0 Å². The number of rotatable bonds is 3. The molecule has 2 rings (SSSR count). The van der Waals surface area contributed by atoms with Crippen molar-refractivity contribution in [1.29, 1.82) is 0 Å². The lowest BCUT2D eigenvalue weighted by molar-refractivity contribution is 0.686. The molecule has 0 saturated carbocycles. The van der Waals surface area contributed by atoms with Crippen molar-refractivity contribution in [3.8, 4) is 0 Å². The number of nitrogens with one attached hydrogen (secondary N) is 1. The lowest BCUT2D eigenvalue weighted by Gasteiger charge is -2.21. The number of aryl methyl sites for hydroxylation is 2. The molecule has 0 saturated heterocycles. The average Bonchev–Trinajstić information content (AvgIpc) is 2.35. The zero-order valence-electron chi connectivity index (χ0n) is 11.6. The topological polar surface area (TPSA) is 12.0 Å². The highest BCUT2D eigenvalue weighted by atomic mass is 14.9. The van der Waals surface area contributed by atoms with Gasteiger partial charge in [-0.15, -0.1) is 0 Å². The van der Waals surface area contributed by atoms with Crippen LogP contribution in [0.5, 0.6) is 0 Å². The first-order chi connectivity index (χ1) is 8.63. The second kappa shape index (κ2) is 5.36. The van der Waals surface area contributed by atoms with E-state index in [0.29, 0.717) is 0 Å². The normalized spacial score (nSPS) is 12.4. The molecule has 0 fully saturated rings. The van der Waals surface area contributed by atoms with E-state index in [9.17, 15) is 0 Å². The van der Waals surface area contributed by atoms with E-state index < -0.39 is 0 Å². The van der Waals surface area contributed by atoms with Gasteiger partial charge in [0.15, 0.2) is 0 Å². The van der Waals surface area contributed by atoms with Crippen LogP contribution < -0.4 is 5.32 Å². The SMILES string of the molecule is CNC(c1cccc(C)c1)c1cccc(C)c1C. The third kappa shape index (κ3) is 2.46. The fourth-order valence-corrected chi connectivity index (χ4v) is 2.44. The smallest absolute Gasteiger partial charge is 0.0577 e. The van der Waals surface area contributed by atoms with Crippen LogP contribution in [0.15, 0.2) is 42.5 Å². The zero-order chi connectivity index (χ0) is 13.1. The summed E-state index contributed by atoms with van der Waals surface area (Å²) >= 11 is 0. The molecule has 1 N–H and O–H groups in total. The van der Waals surface area contributed by atoms with Crippen LogP contribution in [0.1, 0.15) is 33.9 Å². The Bertz CT molecular complexity index is 543. The highest BCUT2D eigenvalue weighted by Crippen LogP contribution is 2.26. The van der Waals surface area contributed by atoms with Crippen LogP contribution in [-0.2, 0) is 0 Å². The summed E-state index contributed by atoms with van der Waals surface area (Å²) in [5.41, 5.74) is 6.71. The maximum atomic E-state index is 3.43. The largest absolute Gasteiger partial charge is 0.309 e. The highest BCUT2D eigenvalue weighted by Gasteiger charge is 2.14. The lowest BCUT2D eigenvalue weighted by Crippen LogP contribution is -2.19. The van der Waals surface area contributed by atoms with E-state index in [4.69, 9.17) is 0 Å². The maximum Gasteiger partial charge on any atom is 0.0577 e. The Hall–Kier alpha value is -1.60. The molecule has 0 heterocycles. The van der Waals surface area contributed by atoms with Crippen molar-refractivity contribution in [3.63, 3.8) is 0 Å². The molecule has 0 aliphatic heterocycles. The fourth-order valence-electron chi connectivity index (χ4n) is 2.44. The Morgan fingerprint density at radius 3 is 2.33 bits per heavy atom. The van der Waals surface area contributed by atoms with Gasteiger partial charge in [0.2, 0.25) is 0 Å². The Morgan fingerprint density at radius 2 is 1.67 bits per heavy atom. The number of hydrogen-bond donors (Lipinski definition) is 1. The van der Waals surface area contributed by atoms with Crippen LogP contribution in [0, 0.1) is 20.8 Å². The molecule has 0 radical (unpaired) electrons. The van der Waals surface area contributed by atoms with Gasteiger partial charge in [-0.25, -0.2) is 0 Å². The molecular formula is C17H21N. The van der Waals surface area contributed by atoms with Crippen molar-refractivity contribution in [2.24, 2.45) is 0 Å². The van der Waals surface area contributed by atoms with Crippen molar-refractivity contribution < 1.29 is 0 Å². The van der Waals surface area contributed by atoms with Crippen LogP contribution in [0.2, 0.25) is 0 Å². The van der Waals surface area contributed by atoms with E-state index in [1.165, 1.54) is 27.8 Å². The molecule has 1 unspecified atom stereocenters. The molecule has 1 atom stereocenters. The van der Waals surface area contributed by atoms with Crippen molar-refractivity contribution >= 4 is 0 Å². The second-order valence-corrected chi connectivity index (χ2v) is 4.92. The monoisotopic (exact) mass is 239 g/mol. The van der Waals surface area contributed by atoms with Crippen LogP contribution in [0.3, 0.4) is 0 Å². The van der Waals surface area contributed by atoms with Gasteiger partial charge in [-0.05, 0) is 50.1 Å². The van der Waals surface area contributed by atoms with Crippen molar-refractivity contribution in [3.05, 3.63) is 70.3 Å². The predicted octanol–water partition coefficient (Wildman–Crippen LogP) is 3.92. The number of hydrogen-bond acceptors (Lipinski definition) is 1. The maximum absolute atomic E-state index is 3.43. The van der Waals surface area contributed by atoms with Crippen LogP contribution in [0.25, 0.3) is 0 Å². The van der Waals surface area contributed by atoms with Gasteiger partial charge in [-0.1, -0.05) is 48.0 Å². The first-order valence-corrected chi connectivity index (χ1v) is 6.43. The van der Waals surface area contributed by atoms with Gasteiger partial charge in [0.1, 0.15) is 0 Å². The van der Waals surface area contributed by atoms with Crippen LogP contribution in [-0.4, -0.2) is 7.05 Å². The minimum absolute atomic E-state index is 0.268. The molecular weight excluding hydrogens is 218 g/mol. The van der Waals surface area contributed by atoms with E-state index in [-0.39, 0.29) is 6.04 Å². The molecule has 94 valence electrons. The summed E-state index contributed by atoms with van der Waals surface area (Å²) in [4.78, 5) is 0. The van der Waals surface area contributed by atoms with E-state index in [0.717, 1.165) is 0 Å². The fraction of sp³-hybridized carbons (Fsp3) is 0.294. The molecule has 0 aromatic heterocycles. The van der Waals surface area contributed by atoms with Gasteiger partial charge in [0.05, 0.1) is 6.04 Å². The average molecular weight is 239 g/mol. The molecule has 1 nitrogen and oxygen atoms in total. The van der Waals surface area contributed by atoms with Crippen molar-refractivity contribution in [2.75, 3.05) is 7.05 Å². The number of benzene rings is 2. The summed E-state index contributed by atoms with van der Waals surface area (Å²) in [5, 5.41) is 3.43.